The average Bonchev–Trinajstić information content (AvgIpc) is 3.02. The lowest BCUT2D eigenvalue weighted by molar-refractivity contribution is 0.102. The maximum Gasteiger partial charge on any atom is 0.174 e. The zero-order chi connectivity index (χ0) is 14.5. The van der Waals surface area contributed by atoms with E-state index in [1.165, 1.54) is 0 Å². The van der Waals surface area contributed by atoms with Crippen LogP contribution in [0.15, 0.2) is 41.5 Å². The number of furan rings is 1. The van der Waals surface area contributed by atoms with Gasteiger partial charge in [-0.1, -0.05) is 6.08 Å². The Morgan fingerprint density at radius 2 is 2.30 bits per heavy atom. The molecule has 0 radical (unpaired) electrons. The van der Waals surface area contributed by atoms with E-state index in [2.05, 4.69) is 11.1 Å². The Balaban J connectivity index is 1.98. The summed E-state index contributed by atoms with van der Waals surface area (Å²) in [5, 5.41) is 0. The second-order valence-corrected chi connectivity index (χ2v) is 5.67. The normalized spacial score (nSPS) is 10.7. The Morgan fingerprint density at radius 3 is 2.95 bits per heavy atom. The Morgan fingerprint density at radius 1 is 1.50 bits per heavy atom. The lowest BCUT2D eigenvalue weighted by Crippen LogP contribution is -2.06. The smallest absolute Gasteiger partial charge is 0.174 e. The van der Waals surface area contributed by atoms with Crippen LogP contribution < -0.4 is 0 Å². The van der Waals surface area contributed by atoms with Gasteiger partial charge in [0.2, 0.25) is 0 Å². The molecule has 106 valence electrons. The summed E-state index contributed by atoms with van der Waals surface area (Å²) >= 11 is 1.58. The van der Waals surface area contributed by atoms with Crippen LogP contribution in [0.1, 0.15) is 27.5 Å². The largest absolute Gasteiger partial charge is 0.468 e. The first-order valence-electron chi connectivity index (χ1n) is 6.54. The summed E-state index contributed by atoms with van der Waals surface area (Å²) in [5.41, 5.74) is 2.93. The lowest BCUT2D eigenvalue weighted by atomic mass is 10.2. The number of allylic oxidation sites excluding steroid dienone is 1. The average molecular weight is 289 g/mol. The van der Waals surface area contributed by atoms with Gasteiger partial charge in [-0.05, 0) is 32.0 Å². The predicted molar refractivity (Wildman–Crippen MR) is 83.3 cm³/mol. The van der Waals surface area contributed by atoms with Crippen molar-refractivity contribution in [2.24, 2.45) is 0 Å². The Bertz CT molecular complexity index is 596. The van der Waals surface area contributed by atoms with Gasteiger partial charge in [-0.25, -0.2) is 0 Å². The van der Waals surface area contributed by atoms with Crippen LogP contribution in [0.3, 0.4) is 0 Å². The van der Waals surface area contributed by atoms with E-state index in [9.17, 15) is 4.79 Å². The molecule has 0 aliphatic carbocycles. The number of carbonyl (C=O) groups excluding carboxylic acids is 1. The van der Waals surface area contributed by atoms with Crippen LogP contribution in [0.25, 0.3) is 0 Å². The fourth-order valence-corrected chi connectivity index (χ4v) is 3.02. The Labute approximate surface area is 123 Å². The molecular weight excluding hydrogens is 270 g/mol. The van der Waals surface area contributed by atoms with Gasteiger partial charge in [-0.2, -0.15) is 0 Å². The molecule has 0 aliphatic heterocycles. The van der Waals surface area contributed by atoms with Crippen molar-refractivity contribution in [3.05, 3.63) is 59.8 Å². The topological polar surface area (TPSA) is 35.1 Å². The number of rotatable bonds is 7. The molecule has 0 unspecified atom stereocenters. The number of carbonyl (C=O) groups is 1. The standard InChI is InChI=1S/C16H19NO2S/c1-4-7-17-12(2)9-15(13(17)3)16(18)11-20-10-14-6-5-8-19-14/h4-6,8-9H,1,7,10-11H2,2-3H3. The molecule has 0 spiro atoms. The molecule has 20 heavy (non-hydrogen) atoms. The van der Waals surface area contributed by atoms with Crippen molar-refractivity contribution < 1.29 is 9.21 Å². The molecule has 0 saturated carbocycles. The van der Waals surface area contributed by atoms with Crippen LogP contribution in [0, 0.1) is 13.8 Å². The van der Waals surface area contributed by atoms with Crippen LogP contribution in [-0.2, 0) is 12.3 Å². The van der Waals surface area contributed by atoms with Gasteiger partial charge in [0.15, 0.2) is 5.78 Å². The molecule has 2 aromatic rings. The van der Waals surface area contributed by atoms with E-state index >= 15 is 0 Å². The molecule has 0 atom stereocenters. The van der Waals surface area contributed by atoms with Crippen LogP contribution in [-0.4, -0.2) is 16.1 Å². The SMILES string of the molecule is C=CCn1c(C)cc(C(=O)CSCc2ccco2)c1C. The molecule has 0 N–H and O–H groups in total. The van der Waals surface area contributed by atoms with Gasteiger partial charge >= 0.3 is 0 Å². The number of nitrogens with zero attached hydrogens (tertiary/aromatic N) is 1. The molecule has 0 amide bonds. The molecule has 0 saturated heterocycles. The van der Waals surface area contributed by atoms with Gasteiger partial charge in [0.25, 0.3) is 0 Å². The summed E-state index contributed by atoms with van der Waals surface area (Å²) in [6.07, 6.45) is 3.50. The highest BCUT2D eigenvalue weighted by Crippen LogP contribution is 2.19. The van der Waals surface area contributed by atoms with Crippen LogP contribution in [0.5, 0.6) is 0 Å². The summed E-state index contributed by atoms with van der Waals surface area (Å²) in [5.74, 6) is 2.27. The Kier molecular flexibility index (Phi) is 4.90. The zero-order valence-electron chi connectivity index (χ0n) is 11.9. The van der Waals surface area contributed by atoms with E-state index in [1.54, 1.807) is 18.0 Å². The van der Waals surface area contributed by atoms with Crippen molar-refractivity contribution in [1.29, 1.82) is 0 Å². The second kappa shape index (κ2) is 6.66. The molecule has 0 fully saturated rings. The molecule has 0 aliphatic rings. The summed E-state index contributed by atoms with van der Waals surface area (Å²) in [4.78, 5) is 12.3. The highest BCUT2D eigenvalue weighted by Gasteiger charge is 2.15. The van der Waals surface area contributed by atoms with Crippen molar-refractivity contribution >= 4 is 17.5 Å². The molecule has 4 heteroatoms. The van der Waals surface area contributed by atoms with Crippen LogP contribution in [0.2, 0.25) is 0 Å². The Hall–Kier alpha value is -1.68. The zero-order valence-corrected chi connectivity index (χ0v) is 12.7. The summed E-state index contributed by atoms with van der Waals surface area (Å²) in [6.45, 7) is 8.49. The van der Waals surface area contributed by atoms with Crippen molar-refractivity contribution in [3.8, 4) is 0 Å². The van der Waals surface area contributed by atoms with Crippen LogP contribution in [0.4, 0.5) is 0 Å². The molecule has 2 aromatic heterocycles. The van der Waals surface area contributed by atoms with Crippen molar-refractivity contribution in [1.82, 2.24) is 4.57 Å². The van der Waals surface area contributed by atoms with Crippen molar-refractivity contribution in [2.45, 2.75) is 26.1 Å². The maximum absolute atomic E-state index is 12.3. The number of hydrogen-bond acceptors (Lipinski definition) is 3. The van der Waals surface area contributed by atoms with Crippen molar-refractivity contribution in [3.63, 3.8) is 0 Å². The molecule has 0 bridgehead atoms. The van der Waals surface area contributed by atoms with Crippen molar-refractivity contribution in [2.75, 3.05) is 5.75 Å². The van der Waals surface area contributed by atoms with E-state index in [-0.39, 0.29) is 5.78 Å². The number of aromatic nitrogens is 1. The first-order chi connectivity index (χ1) is 9.63. The minimum Gasteiger partial charge on any atom is -0.468 e. The first-order valence-corrected chi connectivity index (χ1v) is 7.70. The van der Waals surface area contributed by atoms with E-state index in [0.717, 1.165) is 35.0 Å². The minimum absolute atomic E-state index is 0.171. The quantitative estimate of drug-likeness (QED) is 0.571. The fraction of sp³-hybridized carbons (Fsp3) is 0.312. The van der Waals surface area contributed by atoms with Gasteiger partial charge in [0.05, 0.1) is 17.8 Å². The molecule has 2 rings (SSSR count). The van der Waals surface area contributed by atoms with Gasteiger partial charge in [0, 0.05) is 23.5 Å². The number of hydrogen-bond donors (Lipinski definition) is 0. The first kappa shape index (κ1) is 14.7. The van der Waals surface area contributed by atoms with E-state index in [4.69, 9.17) is 4.42 Å². The highest BCUT2D eigenvalue weighted by molar-refractivity contribution is 7.99. The molecule has 3 nitrogen and oxygen atoms in total. The van der Waals surface area contributed by atoms with Crippen LogP contribution >= 0.6 is 11.8 Å². The minimum atomic E-state index is 0.171. The molecular formula is C16H19NO2S. The van der Waals surface area contributed by atoms with E-state index in [0.29, 0.717) is 5.75 Å². The lowest BCUT2D eigenvalue weighted by Gasteiger charge is -2.06. The monoisotopic (exact) mass is 289 g/mol. The summed E-state index contributed by atoms with van der Waals surface area (Å²) in [7, 11) is 0. The van der Waals surface area contributed by atoms with Gasteiger partial charge in [-0.15, -0.1) is 18.3 Å². The fourth-order valence-electron chi connectivity index (χ4n) is 2.21. The third kappa shape index (κ3) is 3.25. The number of ketones is 1. The highest BCUT2D eigenvalue weighted by atomic mass is 32.2. The molecule has 2 heterocycles. The third-order valence-corrected chi connectivity index (χ3v) is 4.20. The van der Waals surface area contributed by atoms with Gasteiger partial charge in [-0.3, -0.25) is 4.79 Å². The number of Topliss-reactive ketones (excluding diaryl/α,β-unsaturated/α-hetero) is 1. The van der Waals surface area contributed by atoms with Gasteiger partial charge < -0.3 is 8.98 Å². The van der Waals surface area contributed by atoms with E-state index < -0.39 is 0 Å². The molecule has 0 aromatic carbocycles. The predicted octanol–water partition coefficient (Wildman–Crippen LogP) is 4.00. The summed E-state index contributed by atoms with van der Waals surface area (Å²) < 4.78 is 7.36. The van der Waals surface area contributed by atoms with Gasteiger partial charge in [0.1, 0.15) is 5.76 Å². The number of aryl methyl sites for hydroxylation is 1. The van der Waals surface area contributed by atoms with E-state index in [1.807, 2.05) is 38.1 Å². The number of thioether (sulfide) groups is 1. The third-order valence-electron chi connectivity index (χ3n) is 3.24. The maximum atomic E-state index is 12.3. The second-order valence-electron chi connectivity index (χ2n) is 4.68. The summed E-state index contributed by atoms with van der Waals surface area (Å²) in [6, 6.07) is 5.75.